The van der Waals surface area contributed by atoms with Crippen molar-refractivity contribution in [1.82, 2.24) is 9.88 Å². The van der Waals surface area contributed by atoms with E-state index in [-0.39, 0.29) is 17.2 Å². The van der Waals surface area contributed by atoms with E-state index in [2.05, 4.69) is 9.88 Å². The summed E-state index contributed by atoms with van der Waals surface area (Å²) in [7, 11) is 0. The van der Waals surface area contributed by atoms with Crippen molar-refractivity contribution >= 4 is 22.5 Å². The summed E-state index contributed by atoms with van der Waals surface area (Å²) >= 11 is 0. The number of hydrogen-bond donors (Lipinski definition) is 2. The van der Waals surface area contributed by atoms with Gasteiger partial charge in [-0.05, 0) is 23.6 Å². The second-order valence-corrected chi connectivity index (χ2v) is 6.36. The highest BCUT2D eigenvalue weighted by atomic mass is 16.3. The number of aromatic hydroxyl groups is 1. The zero-order valence-corrected chi connectivity index (χ0v) is 14.2. The summed E-state index contributed by atoms with van der Waals surface area (Å²) in [4.78, 5) is 31.1. The number of phenols is 1. The molecule has 0 bridgehead atoms. The van der Waals surface area contributed by atoms with Gasteiger partial charge in [0.05, 0.1) is 5.56 Å². The zero-order chi connectivity index (χ0) is 18.1. The quantitative estimate of drug-likeness (QED) is 0.744. The Bertz CT molecular complexity index is 1010. The number of carbonyl (C=O) groups excluding carboxylic acids is 1. The zero-order valence-electron chi connectivity index (χ0n) is 14.2. The molecule has 2 aromatic carbocycles. The Kier molecular flexibility index (Phi) is 4.08. The second kappa shape index (κ2) is 6.55. The molecule has 6 nitrogen and oxygen atoms in total. The lowest BCUT2D eigenvalue weighted by Crippen LogP contribution is -2.49. The average Bonchev–Trinajstić information content (AvgIpc) is 2.67. The molecule has 2 N–H and O–H groups in total. The highest BCUT2D eigenvalue weighted by Gasteiger charge is 2.24. The predicted molar refractivity (Wildman–Crippen MR) is 101 cm³/mol. The molecule has 3 aromatic rings. The second-order valence-electron chi connectivity index (χ2n) is 6.36. The van der Waals surface area contributed by atoms with Gasteiger partial charge in [0.2, 0.25) is 5.56 Å². The van der Waals surface area contributed by atoms with Gasteiger partial charge in [-0.15, -0.1) is 0 Å². The van der Waals surface area contributed by atoms with Gasteiger partial charge in [0, 0.05) is 37.6 Å². The average molecular weight is 349 g/mol. The van der Waals surface area contributed by atoms with Crippen molar-refractivity contribution in [3.05, 3.63) is 70.5 Å². The van der Waals surface area contributed by atoms with Crippen molar-refractivity contribution in [2.45, 2.75) is 0 Å². The fourth-order valence-corrected chi connectivity index (χ4v) is 3.44. The summed E-state index contributed by atoms with van der Waals surface area (Å²) in [6.07, 6.45) is 0. The van der Waals surface area contributed by atoms with Crippen molar-refractivity contribution in [3.63, 3.8) is 0 Å². The fraction of sp³-hybridized carbons (Fsp3) is 0.200. The first-order valence-corrected chi connectivity index (χ1v) is 8.58. The molecule has 26 heavy (non-hydrogen) atoms. The number of anilines is 1. The van der Waals surface area contributed by atoms with Gasteiger partial charge >= 0.3 is 0 Å². The third kappa shape index (κ3) is 2.90. The SMILES string of the molecule is O=C(c1cccc2cccc(O)c12)N1CCN(c2cccc(=O)[nH]2)CC1. The van der Waals surface area contributed by atoms with E-state index in [4.69, 9.17) is 0 Å². The minimum Gasteiger partial charge on any atom is -0.507 e. The van der Waals surface area contributed by atoms with Crippen LogP contribution in [0.4, 0.5) is 5.82 Å². The Balaban J connectivity index is 1.55. The summed E-state index contributed by atoms with van der Waals surface area (Å²) in [5.74, 6) is 0.803. The Morgan fingerprint density at radius 3 is 2.35 bits per heavy atom. The molecule has 0 radical (unpaired) electrons. The van der Waals surface area contributed by atoms with E-state index in [1.54, 1.807) is 29.2 Å². The summed E-state index contributed by atoms with van der Waals surface area (Å²) in [6, 6.07) is 15.8. The molecule has 0 atom stereocenters. The molecular formula is C20H19N3O3. The van der Waals surface area contributed by atoms with E-state index < -0.39 is 0 Å². The third-order valence-corrected chi connectivity index (χ3v) is 4.77. The molecule has 2 heterocycles. The van der Waals surface area contributed by atoms with Crippen LogP contribution in [-0.4, -0.2) is 47.1 Å². The smallest absolute Gasteiger partial charge is 0.254 e. The number of aromatic nitrogens is 1. The molecule has 1 aromatic heterocycles. The van der Waals surface area contributed by atoms with Crippen molar-refractivity contribution in [1.29, 1.82) is 0 Å². The number of benzene rings is 2. The minimum atomic E-state index is -0.132. The third-order valence-electron chi connectivity index (χ3n) is 4.77. The lowest BCUT2D eigenvalue weighted by Gasteiger charge is -2.35. The highest BCUT2D eigenvalue weighted by molar-refractivity contribution is 6.09. The monoisotopic (exact) mass is 349 g/mol. The van der Waals surface area contributed by atoms with Gasteiger partial charge in [-0.3, -0.25) is 9.59 Å². The van der Waals surface area contributed by atoms with Crippen molar-refractivity contribution in [2.24, 2.45) is 0 Å². The van der Waals surface area contributed by atoms with E-state index in [0.29, 0.717) is 37.1 Å². The van der Waals surface area contributed by atoms with E-state index in [0.717, 1.165) is 11.2 Å². The molecule has 6 heteroatoms. The van der Waals surface area contributed by atoms with Gasteiger partial charge in [-0.2, -0.15) is 0 Å². The number of aromatic amines is 1. The van der Waals surface area contributed by atoms with E-state index in [1.807, 2.05) is 24.3 Å². The number of hydrogen-bond acceptors (Lipinski definition) is 4. The van der Waals surface area contributed by atoms with Gasteiger partial charge in [0.25, 0.3) is 5.91 Å². The van der Waals surface area contributed by atoms with Crippen LogP contribution in [0.2, 0.25) is 0 Å². The van der Waals surface area contributed by atoms with Crippen LogP contribution in [0.15, 0.2) is 59.4 Å². The van der Waals surface area contributed by atoms with Crippen LogP contribution in [-0.2, 0) is 0 Å². The van der Waals surface area contributed by atoms with Crippen LogP contribution in [0, 0.1) is 0 Å². The lowest BCUT2D eigenvalue weighted by atomic mass is 10.0. The highest BCUT2D eigenvalue weighted by Crippen LogP contribution is 2.29. The Morgan fingerprint density at radius 2 is 1.62 bits per heavy atom. The first-order chi connectivity index (χ1) is 12.6. The molecule has 1 amide bonds. The molecule has 1 aliphatic rings. The molecule has 0 unspecified atom stereocenters. The largest absolute Gasteiger partial charge is 0.507 e. The van der Waals surface area contributed by atoms with Crippen LogP contribution in [0.25, 0.3) is 10.8 Å². The van der Waals surface area contributed by atoms with Crippen LogP contribution < -0.4 is 10.5 Å². The minimum absolute atomic E-state index is 0.0849. The first kappa shape index (κ1) is 16.2. The number of nitrogens with zero attached hydrogens (tertiary/aromatic N) is 2. The molecule has 0 spiro atoms. The number of pyridine rings is 1. The molecule has 132 valence electrons. The topological polar surface area (TPSA) is 76.6 Å². The van der Waals surface area contributed by atoms with Crippen molar-refractivity contribution in [2.75, 3.05) is 31.1 Å². The maximum Gasteiger partial charge on any atom is 0.254 e. The number of rotatable bonds is 2. The number of phenolic OH excluding ortho intramolecular Hbond substituents is 1. The van der Waals surface area contributed by atoms with Gasteiger partial charge in [0.15, 0.2) is 0 Å². The molecule has 0 aliphatic carbocycles. The summed E-state index contributed by atoms with van der Waals surface area (Å²) in [5, 5.41) is 11.6. The van der Waals surface area contributed by atoms with Crippen LogP contribution in [0.3, 0.4) is 0 Å². The fourth-order valence-electron chi connectivity index (χ4n) is 3.44. The number of H-pyrrole nitrogens is 1. The lowest BCUT2D eigenvalue weighted by molar-refractivity contribution is 0.0748. The van der Waals surface area contributed by atoms with Gasteiger partial charge in [-0.25, -0.2) is 0 Å². The van der Waals surface area contributed by atoms with Gasteiger partial charge < -0.3 is 19.9 Å². The molecule has 4 rings (SSSR count). The number of nitrogens with one attached hydrogen (secondary N) is 1. The maximum absolute atomic E-state index is 13.0. The number of fused-ring (bicyclic) bond motifs is 1. The Labute approximate surface area is 150 Å². The maximum atomic E-state index is 13.0. The Morgan fingerprint density at radius 1 is 0.923 bits per heavy atom. The van der Waals surface area contributed by atoms with Crippen LogP contribution >= 0.6 is 0 Å². The number of piperazine rings is 1. The van der Waals surface area contributed by atoms with Crippen LogP contribution in [0.5, 0.6) is 5.75 Å². The molecular weight excluding hydrogens is 330 g/mol. The normalized spacial score (nSPS) is 14.6. The Hall–Kier alpha value is -3.28. The van der Waals surface area contributed by atoms with Crippen molar-refractivity contribution < 1.29 is 9.90 Å². The van der Waals surface area contributed by atoms with E-state index in [9.17, 15) is 14.7 Å². The molecule has 1 saturated heterocycles. The first-order valence-electron chi connectivity index (χ1n) is 8.58. The van der Waals surface area contributed by atoms with Gasteiger partial charge in [0.1, 0.15) is 11.6 Å². The van der Waals surface area contributed by atoms with Gasteiger partial charge in [-0.1, -0.05) is 30.3 Å². The van der Waals surface area contributed by atoms with E-state index in [1.165, 1.54) is 6.07 Å². The molecule has 1 aliphatic heterocycles. The number of carbonyl (C=O) groups is 1. The van der Waals surface area contributed by atoms with Crippen molar-refractivity contribution in [3.8, 4) is 5.75 Å². The standard InChI is InChI=1S/C20H19N3O3/c24-16-7-2-5-14-4-1-6-15(19(14)16)20(26)23-12-10-22(11-13-23)17-8-3-9-18(25)21-17/h1-9,24H,10-13H2,(H,21,25). The van der Waals surface area contributed by atoms with E-state index >= 15 is 0 Å². The van der Waals surface area contributed by atoms with Crippen LogP contribution in [0.1, 0.15) is 10.4 Å². The summed E-state index contributed by atoms with van der Waals surface area (Å²) < 4.78 is 0. The number of amides is 1. The summed E-state index contributed by atoms with van der Waals surface area (Å²) in [5.41, 5.74) is 0.384. The molecule has 1 fully saturated rings. The predicted octanol–water partition coefficient (Wildman–Crippen LogP) is 2.20. The summed E-state index contributed by atoms with van der Waals surface area (Å²) in [6.45, 7) is 2.39. The molecule has 0 saturated carbocycles.